The second-order valence-electron chi connectivity index (χ2n) is 2.39. The number of rotatable bonds is 3. The number of thiophene rings is 1. The summed E-state index contributed by atoms with van der Waals surface area (Å²) in [6, 6.07) is 1.93. The number of halogens is 1. The van der Waals surface area contributed by atoms with Gasteiger partial charge in [-0.2, -0.15) is 0 Å². The van der Waals surface area contributed by atoms with Gasteiger partial charge in [-0.15, -0.1) is 23.7 Å². The maximum atomic E-state index is 9.61. The zero-order valence-corrected chi connectivity index (χ0v) is 8.86. The SMILES string of the molecule is C#CCCC(O)c1sccc1Br. The molecule has 0 aromatic carbocycles. The van der Waals surface area contributed by atoms with E-state index in [2.05, 4.69) is 21.9 Å². The van der Waals surface area contributed by atoms with E-state index in [1.807, 2.05) is 11.4 Å². The fourth-order valence-corrected chi connectivity index (χ4v) is 2.55. The van der Waals surface area contributed by atoms with E-state index < -0.39 is 6.10 Å². The van der Waals surface area contributed by atoms with Crippen LogP contribution in [-0.2, 0) is 0 Å². The molecule has 0 spiro atoms. The molecular weight excluding hydrogens is 236 g/mol. The van der Waals surface area contributed by atoms with Gasteiger partial charge in [-0.05, 0) is 33.8 Å². The lowest BCUT2D eigenvalue weighted by Crippen LogP contribution is -1.93. The molecule has 1 unspecified atom stereocenters. The van der Waals surface area contributed by atoms with Crippen molar-refractivity contribution in [3.63, 3.8) is 0 Å². The van der Waals surface area contributed by atoms with E-state index in [0.29, 0.717) is 12.8 Å². The van der Waals surface area contributed by atoms with Crippen molar-refractivity contribution in [1.82, 2.24) is 0 Å². The van der Waals surface area contributed by atoms with Gasteiger partial charge < -0.3 is 5.11 Å². The van der Waals surface area contributed by atoms with Crippen molar-refractivity contribution in [2.24, 2.45) is 0 Å². The lowest BCUT2D eigenvalue weighted by atomic mass is 10.2. The van der Waals surface area contributed by atoms with E-state index in [1.165, 1.54) is 0 Å². The van der Waals surface area contributed by atoms with Crippen LogP contribution in [0.4, 0.5) is 0 Å². The summed E-state index contributed by atoms with van der Waals surface area (Å²) < 4.78 is 0.969. The Morgan fingerprint density at radius 2 is 2.50 bits per heavy atom. The third-order valence-corrected chi connectivity index (χ3v) is 3.48. The van der Waals surface area contributed by atoms with Gasteiger partial charge >= 0.3 is 0 Å². The average molecular weight is 245 g/mol. The molecule has 0 bridgehead atoms. The molecule has 1 heterocycles. The molecule has 1 rings (SSSR count). The van der Waals surface area contributed by atoms with Crippen molar-refractivity contribution < 1.29 is 5.11 Å². The van der Waals surface area contributed by atoms with Crippen molar-refractivity contribution in [2.45, 2.75) is 18.9 Å². The van der Waals surface area contributed by atoms with Gasteiger partial charge in [0.2, 0.25) is 0 Å². The van der Waals surface area contributed by atoms with Crippen LogP contribution in [0.15, 0.2) is 15.9 Å². The Balaban J connectivity index is 2.60. The predicted molar refractivity (Wildman–Crippen MR) is 55.0 cm³/mol. The molecule has 0 aliphatic carbocycles. The molecule has 1 aromatic heterocycles. The molecule has 0 saturated carbocycles. The lowest BCUT2D eigenvalue weighted by molar-refractivity contribution is 0.172. The summed E-state index contributed by atoms with van der Waals surface area (Å²) in [6.07, 6.45) is 5.93. The Hall–Kier alpha value is -0.300. The number of hydrogen-bond acceptors (Lipinski definition) is 2. The van der Waals surface area contributed by atoms with Crippen LogP contribution in [0.3, 0.4) is 0 Å². The number of hydrogen-bond donors (Lipinski definition) is 1. The number of terminal acetylenes is 1. The van der Waals surface area contributed by atoms with E-state index in [-0.39, 0.29) is 0 Å². The van der Waals surface area contributed by atoms with Crippen LogP contribution in [0.5, 0.6) is 0 Å². The molecular formula is C9H9BrOS. The highest BCUT2D eigenvalue weighted by Gasteiger charge is 2.11. The third-order valence-electron chi connectivity index (χ3n) is 1.51. The second-order valence-corrected chi connectivity index (χ2v) is 4.19. The summed E-state index contributed by atoms with van der Waals surface area (Å²) in [5.74, 6) is 2.51. The van der Waals surface area contributed by atoms with Gasteiger partial charge in [-0.25, -0.2) is 0 Å². The summed E-state index contributed by atoms with van der Waals surface area (Å²) in [7, 11) is 0. The first-order valence-corrected chi connectivity index (χ1v) is 5.27. The van der Waals surface area contributed by atoms with Gasteiger partial charge in [0.15, 0.2) is 0 Å². The van der Waals surface area contributed by atoms with Crippen LogP contribution in [0.2, 0.25) is 0 Å². The minimum atomic E-state index is -0.421. The zero-order chi connectivity index (χ0) is 8.97. The Labute approximate surface area is 84.6 Å². The molecule has 0 amide bonds. The Morgan fingerprint density at radius 1 is 1.75 bits per heavy atom. The zero-order valence-electron chi connectivity index (χ0n) is 6.46. The lowest BCUT2D eigenvalue weighted by Gasteiger charge is -2.06. The molecule has 0 saturated heterocycles. The Bertz CT molecular complexity index is 287. The summed E-state index contributed by atoms with van der Waals surface area (Å²) in [4.78, 5) is 0.963. The van der Waals surface area contributed by atoms with Crippen LogP contribution in [-0.4, -0.2) is 5.11 Å². The van der Waals surface area contributed by atoms with Gasteiger partial charge in [-0.1, -0.05) is 0 Å². The van der Waals surface area contributed by atoms with Crippen molar-refractivity contribution in [2.75, 3.05) is 0 Å². The maximum absolute atomic E-state index is 9.61. The molecule has 3 heteroatoms. The molecule has 1 atom stereocenters. The van der Waals surface area contributed by atoms with E-state index >= 15 is 0 Å². The van der Waals surface area contributed by atoms with Gasteiger partial charge in [0.05, 0.1) is 6.10 Å². The van der Waals surface area contributed by atoms with Crippen molar-refractivity contribution >= 4 is 27.3 Å². The van der Waals surface area contributed by atoms with E-state index in [1.54, 1.807) is 11.3 Å². The molecule has 0 aliphatic heterocycles. The van der Waals surface area contributed by atoms with Crippen molar-refractivity contribution in [1.29, 1.82) is 0 Å². The predicted octanol–water partition coefficient (Wildman–Crippen LogP) is 2.96. The molecule has 64 valence electrons. The minimum absolute atomic E-state index is 0.421. The first-order chi connectivity index (χ1) is 5.75. The molecule has 0 fully saturated rings. The summed E-state index contributed by atoms with van der Waals surface area (Å²) in [6.45, 7) is 0. The second kappa shape index (κ2) is 4.66. The normalized spacial score (nSPS) is 12.4. The standard InChI is InChI=1S/C9H9BrOS/c1-2-3-4-8(11)9-7(10)5-6-12-9/h1,5-6,8,11H,3-4H2. The number of aliphatic hydroxyl groups excluding tert-OH is 1. The van der Waals surface area contributed by atoms with Gasteiger partial charge in [0, 0.05) is 15.8 Å². The monoisotopic (exact) mass is 244 g/mol. The highest BCUT2D eigenvalue weighted by Crippen LogP contribution is 2.31. The summed E-state index contributed by atoms with van der Waals surface area (Å²) >= 11 is 4.90. The minimum Gasteiger partial charge on any atom is -0.388 e. The quantitative estimate of drug-likeness (QED) is 0.811. The Morgan fingerprint density at radius 3 is 3.00 bits per heavy atom. The first kappa shape index (κ1) is 9.79. The van der Waals surface area contributed by atoms with E-state index in [0.717, 1.165) is 9.35 Å². The van der Waals surface area contributed by atoms with Crippen molar-refractivity contribution in [3.05, 3.63) is 20.8 Å². The Kier molecular flexibility index (Phi) is 3.80. The topological polar surface area (TPSA) is 20.2 Å². The molecule has 1 aromatic rings. The maximum Gasteiger partial charge on any atom is 0.0902 e. The highest BCUT2D eigenvalue weighted by atomic mass is 79.9. The average Bonchev–Trinajstić information content (AvgIpc) is 2.47. The molecule has 1 nitrogen and oxygen atoms in total. The number of aliphatic hydroxyl groups is 1. The van der Waals surface area contributed by atoms with Crippen LogP contribution in [0, 0.1) is 12.3 Å². The molecule has 1 N–H and O–H groups in total. The fraction of sp³-hybridized carbons (Fsp3) is 0.333. The van der Waals surface area contributed by atoms with Crippen LogP contribution in [0.25, 0.3) is 0 Å². The first-order valence-electron chi connectivity index (χ1n) is 3.60. The van der Waals surface area contributed by atoms with Gasteiger partial charge in [0.25, 0.3) is 0 Å². The van der Waals surface area contributed by atoms with E-state index in [9.17, 15) is 5.11 Å². The smallest absolute Gasteiger partial charge is 0.0902 e. The molecule has 0 aliphatic rings. The fourth-order valence-electron chi connectivity index (χ4n) is 0.894. The molecule has 12 heavy (non-hydrogen) atoms. The van der Waals surface area contributed by atoms with Gasteiger partial charge in [0.1, 0.15) is 0 Å². The van der Waals surface area contributed by atoms with Gasteiger partial charge in [-0.3, -0.25) is 0 Å². The van der Waals surface area contributed by atoms with Crippen LogP contribution in [0.1, 0.15) is 23.8 Å². The molecule has 0 radical (unpaired) electrons. The third kappa shape index (κ3) is 2.34. The summed E-state index contributed by atoms with van der Waals surface area (Å²) in [5, 5.41) is 11.5. The van der Waals surface area contributed by atoms with Crippen LogP contribution >= 0.6 is 27.3 Å². The van der Waals surface area contributed by atoms with E-state index in [4.69, 9.17) is 6.42 Å². The summed E-state index contributed by atoms with van der Waals surface area (Å²) in [5.41, 5.74) is 0. The highest BCUT2D eigenvalue weighted by molar-refractivity contribution is 9.10. The van der Waals surface area contributed by atoms with Crippen molar-refractivity contribution in [3.8, 4) is 12.3 Å². The van der Waals surface area contributed by atoms with Crippen LogP contribution < -0.4 is 0 Å². The largest absolute Gasteiger partial charge is 0.388 e.